The molecule has 8 nitrogen and oxygen atoms in total. The number of hydrogen-bond donors (Lipinski definition) is 0. The average Bonchev–Trinajstić information content (AvgIpc) is 3.15. The molecule has 0 radical (unpaired) electrons. The van der Waals surface area contributed by atoms with Gasteiger partial charge >= 0.3 is 0 Å². The molecule has 1 amide bonds. The van der Waals surface area contributed by atoms with E-state index in [4.69, 9.17) is 16.1 Å². The zero-order chi connectivity index (χ0) is 18.8. The quantitative estimate of drug-likeness (QED) is 0.641. The summed E-state index contributed by atoms with van der Waals surface area (Å²) in [6.07, 6.45) is 3.24. The number of hydrogen-bond acceptors (Lipinski definition) is 7. The summed E-state index contributed by atoms with van der Waals surface area (Å²) in [5.41, 5.74) is 1.35. The van der Waals surface area contributed by atoms with E-state index in [2.05, 4.69) is 25.0 Å². The van der Waals surface area contributed by atoms with Gasteiger partial charge in [0.2, 0.25) is 11.7 Å². The minimum absolute atomic E-state index is 0.0328. The molecular formula is C18H17ClN6O2. The Morgan fingerprint density at radius 3 is 2.48 bits per heavy atom. The summed E-state index contributed by atoms with van der Waals surface area (Å²) in [7, 11) is 0. The smallest absolute Gasteiger partial charge is 0.255 e. The predicted octanol–water partition coefficient (Wildman–Crippen LogP) is 2.45. The minimum atomic E-state index is -0.0328. The number of carbonyl (C=O) groups is 1. The number of nitrogens with zero attached hydrogens (tertiary/aromatic N) is 6. The third-order valence-corrected chi connectivity index (χ3v) is 4.62. The van der Waals surface area contributed by atoms with Crippen molar-refractivity contribution in [2.45, 2.75) is 6.92 Å². The third-order valence-electron chi connectivity index (χ3n) is 4.40. The third kappa shape index (κ3) is 3.75. The first-order valence-electron chi connectivity index (χ1n) is 8.53. The Hall–Kier alpha value is -3.00. The van der Waals surface area contributed by atoms with E-state index in [1.165, 1.54) is 6.20 Å². The van der Waals surface area contributed by atoms with Crippen LogP contribution in [0, 0.1) is 6.92 Å². The van der Waals surface area contributed by atoms with Gasteiger partial charge in [-0.25, -0.2) is 9.97 Å². The molecule has 3 aromatic rings. The highest BCUT2D eigenvalue weighted by Crippen LogP contribution is 2.20. The van der Waals surface area contributed by atoms with Crippen LogP contribution in [0.5, 0.6) is 0 Å². The van der Waals surface area contributed by atoms with Crippen molar-refractivity contribution in [2.75, 3.05) is 31.1 Å². The number of carbonyl (C=O) groups excluding carboxylic acids is 1. The number of rotatable bonds is 3. The van der Waals surface area contributed by atoms with Crippen LogP contribution in [0.2, 0.25) is 5.15 Å². The summed E-state index contributed by atoms with van der Waals surface area (Å²) in [5.74, 6) is 1.87. The molecular weight excluding hydrogens is 368 g/mol. The van der Waals surface area contributed by atoms with Gasteiger partial charge in [0.25, 0.3) is 5.91 Å². The first-order valence-corrected chi connectivity index (χ1v) is 8.90. The lowest BCUT2D eigenvalue weighted by Crippen LogP contribution is -2.49. The topological polar surface area (TPSA) is 88.3 Å². The molecule has 0 atom stereocenters. The van der Waals surface area contributed by atoms with Crippen molar-refractivity contribution in [3.63, 3.8) is 0 Å². The van der Waals surface area contributed by atoms with E-state index in [0.29, 0.717) is 48.6 Å². The van der Waals surface area contributed by atoms with Crippen molar-refractivity contribution in [3.8, 4) is 11.4 Å². The maximum Gasteiger partial charge on any atom is 0.255 e. The Kier molecular flexibility index (Phi) is 4.72. The van der Waals surface area contributed by atoms with Crippen LogP contribution in [0.15, 0.2) is 41.2 Å². The van der Waals surface area contributed by atoms with Crippen LogP contribution in [0.3, 0.4) is 0 Å². The molecule has 0 aliphatic carbocycles. The zero-order valence-electron chi connectivity index (χ0n) is 14.7. The number of halogens is 1. The van der Waals surface area contributed by atoms with Crippen molar-refractivity contribution in [1.82, 2.24) is 25.0 Å². The highest BCUT2D eigenvalue weighted by atomic mass is 35.5. The van der Waals surface area contributed by atoms with Crippen molar-refractivity contribution in [2.24, 2.45) is 0 Å². The number of pyridine rings is 2. The van der Waals surface area contributed by atoms with Gasteiger partial charge in [0.05, 0.1) is 5.56 Å². The second-order valence-corrected chi connectivity index (χ2v) is 6.58. The molecule has 0 unspecified atom stereocenters. The Bertz CT molecular complexity index is 933. The average molecular weight is 385 g/mol. The number of piperazine rings is 1. The van der Waals surface area contributed by atoms with Gasteiger partial charge in [0.1, 0.15) is 11.0 Å². The summed E-state index contributed by atoms with van der Waals surface area (Å²) >= 11 is 5.78. The Morgan fingerprint density at radius 2 is 1.89 bits per heavy atom. The van der Waals surface area contributed by atoms with Crippen LogP contribution >= 0.6 is 11.6 Å². The van der Waals surface area contributed by atoms with E-state index in [1.807, 2.05) is 17.0 Å². The van der Waals surface area contributed by atoms with Crippen molar-refractivity contribution >= 4 is 23.3 Å². The molecule has 4 heterocycles. The van der Waals surface area contributed by atoms with E-state index in [-0.39, 0.29) is 5.91 Å². The number of aromatic nitrogens is 4. The lowest BCUT2D eigenvalue weighted by Gasteiger charge is -2.35. The maximum atomic E-state index is 12.5. The van der Waals surface area contributed by atoms with E-state index in [1.54, 1.807) is 25.3 Å². The van der Waals surface area contributed by atoms with Gasteiger partial charge in [0, 0.05) is 51.1 Å². The Morgan fingerprint density at radius 1 is 1.07 bits per heavy atom. The van der Waals surface area contributed by atoms with Crippen molar-refractivity contribution in [1.29, 1.82) is 0 Å². The lowest BCUT2D eigenvalue weighted by molar-refractivity contribution is 0.0746. The molecule has 0 N–H and O–H groups in total. The molecule has 0 saturated carbocycles. The molecule has 9 heteroatoms. The fourth-order valence-corrected chi connectivity index (χ4v) is 3.06. The first kappa shape index (κ1) is 17.4. The molecule has 0 bridgehead atoms. The Balaban J connectivity index is 1.39. The summed E-state index contributed by atoms with van der Waals surface area (Å²) in [6.45, 7) is 4.41. The summed E-state index contributed by atoms with van der Waals surface area (Å²) in [5, 5.41) is 4.27. The molecule has 1 saturated heterocycles. The molecule has 27 heavy (non-hydrogen) atoms. The largest absolute Gasteiger partial charge is 0.353 e. The summed E-state index contributed by atoms with van der Waals surface area (Å²) < 4.78 is 4.99. The maximum absolute atomic E-state index is 12.5. The van der Waals surface area contributed by atoms with Gasteiger partial charge in [0.15, 0.2) is 0 Å². The summed E-state index contributed by atoms with van der Waals surface area (Å²) in [4.78, 5) is 29.2. The highest BCUT2D eigenvalue weighted by Gasteiger charge is 2.23. The molecule has 0 spiro atoms. The second kappa shape index (κ2) is 7.32. The molecule has 1 fully saturated rings. The molecule has 3 aromatic heterocycles. The molecule has 4 rings (SSSR count). The van der Waals surface area contributed by atoms with E-state index in [9.17, 15) is 4.79 Å². The second-order valence-electron chi connectivity index (χ2n) is 6.19. The highest BCUT2D eigenvalue weighted by molar-refractivity contribution is 6.29. The monoisotopic (exact) mass is 384 g/mol. The predicted molar refractivity (Wildman–Crippen MR) is 99.6 cm³/mol. The van der Waals surface area contributed by atoms with E-state index >= 15 is 0 Å². The lowest BCUT2D eigenvalue weighted by atomic mass is 10.2. The number of anilines is 1. The molecule has 138 valence electrons. The van der Waals surface area contributed by atoms with Gasteiger partial charge in [-0.3, -0.25) is 4.79 Å². The molecule has 1 aliphatic rings. The van der Waals surface area contributed by atoms with E-state index in [0.717, 1.165) is 11.4 Å². The van der Waals surface area contributed by atoms with Gasteiger partial charge < -0.3 is 14.3 Å². The standard InChI is InChI=1S/C18H17ClN6O2/c1-12-22-17(23-27-12)13-3-5-16(21-10-13)24-6-8-25(9-7-24)18(26)14-2-4-15(19)20-11-14/h2-5,10-11H,6-9H2,1H3. The van der Waals surface area contributed by atoms with Gasteiger partial charge in [-0.05, 0) is 24.3 Å². The van der Waals surface area contributed by atoms with Crippen LogP contribution in [0.1, 0.15) is 16.2 Å². The van der Waals surface area contributed by atoms with E-state index < -0.39 is 0 Å². The van der Waals surface area contributed by atoms with Crippen LogP contribution in [0.25, 0.3) is 11.4 Å². The van der Waals surface area contributed by atoms with Crippen molar-refractivity contribution in [3.05, 3.63) is 53.3 Å². The van der Waals surface area contributed by atoms with Crippen molar-refractivity contribution < 1.29 is 9.32 Å². The first-order chi connectivity index (χ1) is 13.1. The van der Waals surface area contributed by atoms with Crippen LogP contribution in [-0.2, 0) is 0 Å². The SMILES string of the molecule is Cc1nc(-c2ccc(N3CCN(C(=O)c4ccc(Cl)nc4)CC3)nc2)no1. The van der Waals surface area contributed by atoms with Gasteiger partial charge in [-0.15, -0.1) is 0 Å². The van der Waals surface area contributed by atoms with Gasteiger partial charge in [-0.2, -0.15) is 4.98 Å². The number of aryl methyl sites for hydroxylation is 1. The summed E-state index contributed by atoms with van der Waals surface area (Å²) in [6, 6.07) is 7.18. The van der Waals surface area contributed by atoms with Crippen LogP contribution in [-0.4, -0.2) is 57.1 Å². The fraction of sp³-hybridized carbons (Fsp3) is 0.278. The molecule has 0 aromatic carbocycles. The van der Waals surface area contributed by atoms with Gasteiger partial charge in [-0.1, -0.05) is 16.8 Å². The number of amides is 1. The minimum Gasteiger partial charge on any atom is -0.353 e. The zero-order valence-corrected chi connectivity index (χ0v) is 15.4. The van der Waals surface area contributed by atoms with Crippen LogP contribution in [0.4, 0.5) is 5.82 Å². The molecule has 1 aliphatic heterocycles. The fourth-order valence-electron chi connectivity index (χ4n) is 2.95. The Labute approximate surface area is 160 Å². The normalized spacial score (nSPS) is 14.4. The van der Waals surface area contributed by atoms with Crippen LogP contribution < -0.4 is 4.90 Å².